The van der Waals surface area contributed by atoms with Gasteiger partial charge in [-0.15, -0.1) is 0 Å². The van der Waals surface area contributed by atoms with Crippen LogP contribution < -0.4 is 5.32 Å². The molecule has 2 N–H and O–H groups in total. The minimum atomic E-state index is -1.18. The number of imide groups is 1. The van der Waals surface area contributed by atoms with Gasteiger partial charge >= 0.3 is 12.0 Å². The molecule has 1 heterocycles. The Bertz CT molecular complexity index is 310. The van der Waals surface area contributed by atoms with Gasteiger partial charge in [0.25, 0.3) is 5.91 Å². The molecule has 1 aliphatic carbocycles. The third-order valence-electron chi connectivity index (χ3n) is 2.44. The van der Waals surface area contributed by atoms with Crippen molar-refractivity contribution in [2.24, 2.45) is 5.92 Å². The van der Waals surface area contributed by atoms with Crippen LogP contribution in [0, 0.1) is 5.92 Å². The summed E-state index contributed by atoms with van der Waals surface area (Å²) in [4.78, 5) is 33.8. The molecule has 1 saturated heterocycles. The quantitative estimate of drug-likeness (QED) is 0.593. The molecule has 0 aromatic heterocycles. The van der Waals surface area contributed by atoms with Gasteiger partial charge in [-0.3, -0.25) is 14.5 Å². The van der Waals surface area contributed by atoms with E-state index in [0.717, 1.165) is 17.7 Å². The molecule has 0 spiro atoms. The third kappa shape index (κ3) is 1.43. The molecule has 2 aliphatic rings. The minimum Gasteiger partial charge on any atom is -0.480 e. The first-order valence-corrected chi connectivity index (χ1v) is 4.43. The highest BCUT2D eigenvalue weighted by Crippen LogP contribution is 2.35. The Labute approximate surface area is 79.9 Å². The first-order chi connectivity index (χ1) is 6.59. The van der Waals surface area contributed by atoms with Crippen LogP contribution in [0.25, 0.3) is 0 Å². The van der Waals surface area contributed by atoms with Crippen LogP contribution in [0.15, 0.2) is 0 Å². The average Bonchev–Trinajstić information content (AvgIpc) is 2.88. The number of nitrogens with zero attached hydrogens (tertiary/aromatic N) is 1. The van der Waals surface area contributed by atoms with E-state index in [4.69, 9.17) is 5.11 Å². The number of carbonyl (C=O) groups excluding carboxylic acids is 2. The van der Waals surface area contributed by atoms with Crippen molar-refractivity contribution in [3.05, 3.63) is 0 Å². The Hall–Kier alpha value is -1.59. The highest BCUT2D eigenvalue weighted by atomic mass is 16.4. The lowest BCUT2D eigenvalue weighted by Gasteiger charge is -2.08. The topological polar surface area (TPSA) is 86.7 Å². The lowest BCUT2D eigenvalue weighted by atomic mass is 10.2. The Kier molecular flexibility index (Phi) is 1.90. The van der Waals surface area contributed by atoms with Crippen LogP contribution in [0.3, 0.4) is 0 Å². The van der Waals surface area contributed by atoms with Gasteiger partial charge in [0.05, 0.1) is 0 Å². The fourth-order valence-electron chi connectivity index (χ4n) is 1.57. The molecule has 1 saturated carbocycles. The normalized spacial score (nSPS) is 26.6. The molecule has 0 aromatic rings. The summed E-state index contributed by atoms with van der Waals surface area (Å²) in [5.41, 5.74) is 0. The molecule has 1 aliphatic heterocycles. The SMILES string of the molecule is O=C(O)CN1C(=O)N[C@H](C2CC2)C1=O. The van der Waals surface area contributed by atoms with E-state index in [1.54, 1.807) is 0 Å². The highest BCUT2D eigenvalue weighted by Gasteiger charge is 2.46. The van der Waals surface area contributed by atoms with Crippen molar-refractivity contribution in [1.82, 2.24) is 10.2 Å². The van der Waals surface area contributed by atoms with Crippen molar-refractivity contribution in [3.8, 4) is 0 Å². The third-order valence-corrected chi connectivity index (χ3v) is 2.44. The van der Waals surface area contributed by atoms with E-state index < -0.39 is 30.5 Å². The Balaban J connectivity index is 2.07. The van der Waals surface area contributed by atoms with Crippen LogP contribution >= 0.6 is 0 Å². The van der Waals surface area contributed by atoms with E-state index in [2.05, 4.69) is 5.32 Å². The summed E-state index contributed by atoms with van der Waals surface area (Å²) in [5, 5.41) is 11.0. The van der Waals surface area contributed by atoms with Gasteiger partial charge in [-0.1, -0.05) is 0 Å². The van der Waals surface area contributed by atoms with Gasteiger partial charge in [0.1, 0.15) is 12.6 Å². The van der Waals surface area contributed by atoms with E-state index >= 15 is 0 Å². The predicted octanol–water partition coefficient (Wildman–Crippen LogP) is -0.599. The molecule has 6 nitrogen and oxygen atoms in total. The molecule has 0 radical (unpaired) electrons. The van der Waals surface area contributed by atoms with E-state index in [-0.39, 0.29) is 5.92 Å². The van der Waals surface area contributed by atoms with Crippen LogP contribution in [0.5, 0.6) is 0 Å². The maximum atomic E-state index is 11.5. The largest absolute Gasteiger partial charge is 0.480 e. The average molecular weight is 198 g/mol. The number of nitrogens with one attached hydrogen (secondary N) is 1. The Morgan fingerprint density at radius 1 is 1.50 bits per heavy atom. The summed E-state index contributed by atoms with van der Waals surface area (Å²) in [5.74, 6) is -1.37. The van der Waals surface area contributed by atoms with Crippen LogP contribution in [0.4, 0.5) is 4.79 Å². The van der Waals surface area contributed by atoms with E-state index in [1.807, 2.05) is 0 Å². The molecule has 3 amide bonds. The van der Waals surface area contributed by atoms with E-state index in [9.17, 15) is 14.4 Å². The van der Waals surface area contributed by atoms with Gasteiger partial charge in [-0.25, -0.2) is 4.79 Å². The second-order valence-corrected chi connectivity index (χ2v) is 3.58. The summed E-state index contributed by atoms with van der Waals surface area (Å²) in [6, 6.07) is -1.07. The van der Waals surface area contributed by atoms with Crippen LogP contribution in [0.2, 0.25) is 0 Å². The van der Waals surface area contributed by atoms with Gasteiger partial charge in [0, 0.05) is 0 Å². The molecule has 1 atom stereocenters. The smallest absolute Gasteiger partial charge is 0.325 e. The highest BCUT2D eigenvalue weighted by molar-refractivity contribution is 6.06. The summed E-state index contributed by atoms with van der Waals surface area (Å²) in [6.07, 6.45) is 1.86. The van der Waals surface area contributed by atoms with Crippen molar-refractivity contribution in [1.29, 1.82) is 0 Å². The van der Waals surface area contributed by atoms with Crippen LogP contribution in [0.1, 0.15) is 12.8 Å². The number of carbonyl (C=O) groups is 3. The maximum Gasteiger partial charge on any atom is 0.325 e. The zero-order valence-corrected chi connectivity index (χ0v) is 7.40. The van der Waals surface area contributed by atoms with Crippen molar-refractivity contribution in [2.45, 2.75) is 18.9 Å². The molecule has 14 heavy (non-hydrogen) atoms. The van der Waals surface area contributed by atoms with Crippen molar-refractivity contribution >= 4 is 17.9 Å². The lowest BCUT2D eigenvalue weighted by Crippen LogP contribution is -2.36. The number of carboxylic acid groups (broad SMARTS) is 1. The van der Waals surface area contributed by atoms with Crippen molar-refractivity contribution in [3.63, 3.8) is 0 Å². The van der Waals surface area contributed by atoms with Gasteiger partial charge in [0.2, 0.25) is 0 Å². The molecule has 0 bridgehead atoms. The first kappa shape index (κ1) is 8.98. The number of carboxylic acids is 1. The van der Waals surface area contributed by atoms with Gasteiger partial charge in [-0.05, 0) is 18.8 Å². The van der Waals surface area contributed by atoms with Crippen LogP contribution in [-0.4, -0.2) is 40.5 Å². The van der Waals surface area contributed by atoms with Gasteiger partial charge in [-0.2, -0.15) is 0 Å². The molecule has 2 rings (SSSR count). The first-order valence-electron chi connectivity index (χ1n) is 4.43. The molecular formula is C8H10N2O4. The van der Waals surface area contributed by atoms with E-state index in [1.165, 1.54) is 0 Å². The number of aliphatic carboxylic acids is 1. The van der Waals surface area contributed by atoms with Crippen molar-refractivity contribution in [2.75, 3.05) is 6.54 Å². The Morgan fingerprint density at radius 2 is 2.14 bits per heavy atom. The monoisotopic (exact) mass is 198 g/mol. The zero-order valence-electron chi connectivity index (χ0n) is 7.40. The number of hydrogen-bond donors (Lipinski definition) is 2. The summed E-state index contributed by atoms with van der Waals surface area (Å²) in [7, 11) is 0. The fourth-order valence-corrected chi connectivity index (χ4v) is 1.57. The minimum absolute atomic E-state index is 0.213. The van der Waals surface area contributed by atoms with Gasteiger partial charge < -0.3 is 10.4 Å². The second-order valence-electron chi connectivity index (χ2n) is 3.58. The summed E-state index contributed by atoms with van der Waals surface area (Å²) in [6.45, 7) is -0.548. The number of rotatable bonds is 3. The molecule has 76 valence electrons. The van der Waals surface area contributed by atoms with Crippen molar-refractivity contribution < 1.29 is 19.5 Å². The fraction of sp³-hybridized carbons (Fsp3) is 0.625. The number of urea groups is 1. The zero-order chi connectivity index (χ0) is 10.3. The Morgan fingerprint density at radius 3 is 2.64 bits per heavy atom. The standard InChI is InChI=1S/C8H10N2O4/c11-5(12)3-10-7(13)6(4-1-2-4)9-8(10)14/h4,6H,1-3H2,(H,9,14)(H,11,12)/t6-/m1/s1. The number of hydrogen-bond acceptors (Lipinski definition) is 3. The molecule has 2 fully saturated rings. The van der Waals surface area contributed by atoms with Gasteiger partial charge in [0.15, 0.2) is 0 Å². The molecule has 0 aromatic carbocycles. The molecule has 0 unspecified atom stereocenters. The molecule has 6 heteroatoms. The number of amides is 3. The van der Waals surface area contributed by atoms with Crippen LogP contribution in [-0.2, 0) is 9.59 Å². The summed E-state index contributed by atoms with van der Waals surface area (Å²) >= 11 is 0. The predicted molar refractivity (Wildman–Crippen MR) is 44.4 cm³/mol. The lowest BCUT2D eigenvalue weighted by molar-refractivity contribution is -0.141. The maximum absolute atomic E-state index is 11.5. The van der Waals surface area contributed by atoms with E-state index in [0.29, 0.717) is 0 Å². The summed E-state index contributed by atoms with van der Waals surface area (Å²) < 4.78 is 0. The molecular weight excluding hydrogens is 188 g/mol. The second kappa shape index (κ2) is 2.97.